The minimum atomic E-state index is -0.163. The third-order valence-electron chi connectivity index (χ3n) is 11.3. The van der Waals surface area contributed by atoms with Crippen LogP contribution >= 0.6 is 0 Å². The maximum absolute atomic E-state index is 14.6. The molecule has 52 heavy (non-hydrogen) atoms. The van der Waals surface area contributed by atoms with E-state index < -0.39 is 0 Å². The molecule has 11 rings (SSSR count). The second-order valence-corrected chi connectivity index (χ2v) is 14.1. The molecule has 0 bridgehead atoms. The van der Waals surface area contributed by atoms with Crippen molar-refractivity contribution in [2.45, 2.75) is 13.8 Å². The predicted molar refractivity (Wildman–Crippen MR) is 212 cm³/mol. The van der Waals surface area contributed by atoms with Gasteiger partial charge in [0.1, 0.15) is 17.7 Å². The van der Waals surface area contributed by atoms with Crippen molar-refractivity contribution in [3.63, 3.8) is 0 Å². The molecular weight excluding hydrogens is 641 g/mol. The molecule has 0 spiro atoms. The Morgan fingerprint density at radius 2 is 0.885 bits per heavy atom. The lowest BCUT2D eigenvalue weighted by molar-refractivity contribution is 1.18. The van der Waals surface area contributed by atoms with E-state index in [4.69, 9.17) is 0 Å². The van der Waals surface area contributed by atoms with Crippen LogP contribution in [-0.4, -0.2) is 8.80 Å². The summed E-state index contributed by atoms with van der Waals surface area (Å²) in [6.07, 6.45) is 0. The second-order valence-electron chi connectivity index (χ2n) is 14.1. The van der Waals surface area contributed by atoms with Gasteiger partial charge in [0.2, 0.25) is 0 Å². The summed E-state index contributed by atoms with van der Waals surface area (Å²) >= 11 is 0. The number of pyridine rings is 4. The summed E-state index contributed by atoms with van der Waals surface area (Å²) in [5.41, 5.74) is 4.78. The van der Waals surface area contributed by atoms with Crippen molar-refractivity contribution in [2.75, 3.05) is 0 Å². The van der Waals surface area contributed by atoms with Crippen molar-refractivity contribution in [2.24, 2.45) is 0 Å². The van der Waals surface area contributed by atoms with Gasteiger partial charge < -0.3 is 0 Å². The molecule has 0 atom stereocenters. The number of aryl methyl sites for hydroxylation is 2. The summed E-state index contributed by atoms with van der Waals surface area (Å²) in [4.78, 5) is 29.0. The smallest absolute Gasteiger partial charge is 0.263 e. The van der Waals surface area contributed by atoms with E-state index in [1.807, 2.05) is 91.0 Å². The van der Waals surface area contributed by atoms with Crippen LogP contribution in [0.15, 0.2) is 107 Å². The van der Waals surface area contributed by atoms with E-state index >= 15 is 0 Å². The molecule has 0 aliphatic rings. The first kappa shape index (κ1) is 28.5. The normalized spacial score (nSPS) is 12.2. The largest absolute Gasteiger partial charge is 0.276 e. The molecule has 240 valence electrons. The van der Waals surface area contributed by atoms with Crippen LogP contribution in [-0.2, 0) is 0 Å². The van der Waals surface area contributed by atoms with E-state index in [2.05, 4.69) is 43.0 Å². The highest BCUT2D eigenvalue weighted by molar-refractivity contribution is 6.40. The fourth-order valence-electron chi connectivity index (χ4n) is 9.11. The molecular formula is C46H24N4O2. The van der Waals surface area contributed by atoms with Crippen LogP contribution in [0.3, 0.4) is 0 Å². The average Bonchev–Trinajstić information content (AvgIpc) is 3.15. The number of hydrogen-bond donors (Lipinski definition) is 0. The first-order chi connectivity index (χ1) is 25.3. The van der Waals surface area contributed by atoms with Gasteiger partial charge in [0.15, 0.2) is 0 Å². The van der Waals surface area contributed by atoms with E-state index in [0.717, 1.165) is 86.6 Å². The van der Waals surface area contributed by atoms with E-state index in [0.29, 0.717) is 32.4 Å². The fourth-order valence-corrected chi connectivity index (χ4v) is 9.11. The highest BCUT2D eigenvalue weighted by Gasteiger charge is 2.23. The molecule has 0 radical (unpaired) electrons. The molecule has 0 amide bonds. The van der Waals surface area contributed by atoms with Gasteiger partial charge in [0.25, 0.3) is 11.1 Å². The van der Waals surface area contributed by atoms with Gasteiger partial charge in [-0.3, -0.25) is 18.4 Å². The maximum Gasteiger partial charge on any atom is 0.263 e. The molecule has 6 heteroatoms. The van der Waals surface area contributed by atoms with E-state index in [1.165, 1.54) is 0 Å². The van der Waals surface area contributed by atoms with E-state index in [1.54, 1.807) is 4.40 Å². The van der Waals surface area contributed by atoms with Gasteiger partial charge in [0, 0.05) is 48.3 Å². The molecule has 6 nitrogen and oxygen atoms in total. The monoisotopic (exact) mass is 664 g/mol. The van der Waals surface area contributed by atoms with E-state index in [9.17, 15) is 20.1 Å². The van der Waals surface area contributed by atoms with Crippen molar-refractivity contribution >= 4 is 110 Å². The van der Waals surface area contributed by atoms with Crippen LogP contribution in [0.4, 0.5) is 0 Å². The number of fused-ring (bicyclic) bond motifs is 10. The van der Waals surface area contributed by atoms with Crippen molar-refractivity contribution in [3.05, 3.63) is 139 Å². The standard InChI is InChI=1S/C46H24N4O2/c1-22-4-14-37-34(16-22)24(3)18-39-30-10-6-26-27-7-11-31-40-19-35(25(20-47)21-48)36-17-23(2)5-15-38(36)50(40)46(52)33-13-9-29(42(27)44(31)33)28-8-12-32(43(30)41(26)28)45(51)49(37)39/h4-19H,3H2,1-2H3. The van der Waals surface area contributed by atoms with Crippen LogP contribution in [0, 0.1) is 36.5 Å². The summed E-state index contributed by atoms with van der Waals surface area (Å²) in [7, 11) is 0. The summed E-state index contributed by atoms with van der Waals surface area (Å²) in [6, 6.07) is 36.2. The second kappa shape index (κ2) is 9.48. The first-order valence-corrected chi connectivity index (χ1v) is 17.1. The molecule has 0 saturated carbocycles. The Bertz CT molecular complexity index is 3820. The molecule has 4 aromatic heterocycles. The van der Waals surface area contributed by atoms with Crippen molar-refractivity contribution in [3.8, 4) is 12.1 Å². The molecule has 0 saturated heterocycles. The number of nitrogens with zero attached hydrogens (tertiary/aromatic N) is 4. The molecule has 0 N–H and O–H groups in total. The van der Waals surface area contributed by atoms with Crippen molar-refractivity contribution < 1.29 is 0 Å². The minimum Gasteiger partial charge on any atom is -0.276 e. The lowest BCUT2D eigenvalue weighted by atomic mass is 9.85. The molecule has 7 aromatic carbocycles. The van der Waals surface area contributed by atoms with Crippen LogP contribution in [0.1, 0.15) is 11.1 Å². The van der Waals surface area contributed by atoms with Crippen molar-refractivity contribution in [1.82, 2.24) is 8.80 Å². The molecule has 4 heterocycles. The zero-order valence-corrected chi connectivity index (χ0v) is 28.1. The number of rotatable bonds is 0. The van der Waals surface area contributed by atoms with Crippen molar-refractivity contribution in [1.29, 1.82) is 10.5 Å². The lowest BCUT2D eigenvalue weighted by Crippen LogP contribution is -2.20. The summed E-state index contributed by atoms with van der Waals surface area (Å²) in [5, 5.41) is 33.7. The quantitative estimate of drug-likeness (QED) is 0.121. The molecule has 0 aliphatic carbocycles. The van der Waals surface area contributed by atoms with Crippen LogP contribution < -0.4 is 21.6 Å². The molecule has 0 fully saturated rings. The number of nitriles is 2. The van der Waals surface area contributed by atoms with Gasteiger partial charge >= 0.3 is 0 Å². The van der Waals surface area contributed by atoms with Gasteiger partial charge in [-0.15, -0.1) is 0 Å². The van der Waals surface area contributed by atoms with Gasteiger partial charge in [-0.2, -0.15) is 10.5 Å². The molecule has 11 aromatic rings. The Labute approximate surface area is 293 Å². The third kappa shape index (κ3) is 3.27. The Morgan fingerprint density at radius 3 is 1.38 bits per heavy atom. The van der Waals surface area contributed by atoms with Gasteiger partial charge in [-0.25, -0.2) is 0 Å². The van der Waals surface area contributed by atoms with E-state index in [-0.39, 0.29) is 16.7 Å². The van der Waals surface area contributed by atoms with Crippen LogP contribution in [0.5, 0.6) is 0 Å². The van der Waals surface area contributed by atoms with Crippen LogP contribution in [0.2, 0.25) is 0 Å². The summed E-state index contributed by atoms with van der Waals surface area (Å²) < 4.78 is 3.54. The number of hydrogen-bond acceptors (Lipinski definition) is 4. The molecule has 0 aliphatic heterocycles. The fraction of sp³-hybridized carbons (Fsp3) is 0.0435. The third-order valence-corrected chi connectivity index (χ3v) is 11.3. The zero-order valence-electron chi connectivity index (χ0n) is 28.1. The number of aromatic nitrogens is 2. The van der Waals surface area contributed by atoms with Gasteiger partial charge in [0.05, 0.1) is 22.1 Å². The number of benzene rings is 7. The topological polar surface area (TPSA) is 90.5 Å². The zero-order chi connectivity index (χ0) is 35.3. The minimum absolute atomic E-state index is 0.00278. The lowest BCUT2D eigenvalue weighted by Gasteiger charge is -2.20. The Hall–Kier alpha value is -7.28. The van der Waals surface area contributed by atoms with Gasteiger partial charge in [-0.1, -0.05) is 66.2 Å². The summed E-state index contributed by atoms with van der Waals surface area (Å²) in [6.45, 7) is 8.37. The first-order valence-electron chi connectivity index (χ1n) is 17.1. The van der Waals surface area contributed by atoms with Crippen LogP contribution in [0.25, 0.3) is 110 Å². The Balaban J connectivity index is 1.36. The highest BCUT2D eigenvalue weighted by Crippen LogP contribution is 2.45. The van der Waals surface area contributed by atoms with Gasteiger partial charge in [-0.05, 0) is 99.9 Å². The SMILES string of the molecule is C=c1cc2c3ccc4c5ccc6c7c(ccc(c8ccc(c(=O)n2c2ccc(C)cc12)c3c84)c57)c(=O)n1c2ccc(C)cc2c(=C(C#N)C#N)cc61. The highest BCUT2D eigenvalue weighted by atomic mass is 16.1. The Morgan fingerprint density at radius 1 is 0.481 bits per heavy atom. The summed E-state index contributed by atoms with van der Waals surface area (Å²) in [5.74, 6) is 0. The average molecular weight is 665 g/mol. The molecule has 0 unspecified atom stereocenters. The predicted octanol–water partition coefficient (Wildman–Crippen LogP) is 8.24. The Kier molecular flexibility index (Phi) is 5.21. The maximum atomic E-state index is 14.6.